The lowest BCUT2D eigenvalue weighted by molar-refractivity contribution is 0.0776. The first-order valence-corrected chi connectivity index (χ1v) is 11.5. The second-order valence-electron chi connectivity index (χ2n) is 8.42. The Bertz CT molecular complexity index is 1250. The third-order valence-corrected chi connectivity index (χ3v) is 6.04. The summed E-state index contributed by atoms with van der Waals surface area (Å²) in [6.07, 6.45) is 5.48. The number of aryl methyl sites for hydroxylation is 1. The molecule has 8 nitrogen and oxygen atoms in total. The first kappa shape index (κ1) is 22.3. The maximum Gasteiger partial charge on any atom is 0.187 e. The van der Waals surface area contributed by atoms with Crippen molar-refractivity contribution >= 4 is 0 Å². The highest BCUT2D eigenvalue weighted by Gasteiger charge is 2.16. The summed E-state index contributed by atoms with van der Waals surface area (Å²) in [4.78, 5) is 13.4. The molecular formula is C26H27N5O3. The van der Waals surface area contributed by atoms with E-state index in [0.717, 1.165) is 55.1 Å². The minimum Gasteiger partial charge on any atom is -0.390 e. The van der Waals surface area contributed by atoms with Crippen molar-refractivity contribution in [3.05, 3.63) is 71.8 Å². The lowest BCUT2D eigenvalue weighted by Crippen LogP contribution is -2.34. The van der Waals surface area contributed by atoms with E-state index in [-0.39, 0.29) is 6.61 Å². The summed E-state index contributed by atoms with van der Waals surface area (Å²) in [7, 11) is 0. The number of hydrogen-bond acceptors (Lipinski definition) is 8. The van der Waals surface area contributed by atoms with Gasteiger partial charge in [-0.3, -0.25) is 9.97 Å². The Kier molecular flexibility index (Phi) is 6.71. The molecule has 174 valence electrons. The number of aliphatic hydroxyl groups excluding tert-OH is 1. The van der Waals surface area contributed by atoms with Crippen LogP contribution in [0.4, 0.5) is 0 Å². The van der Waals surface area contributed by atoms with Crippen molar-refractivity contribution in [2.45, 2.75) is 39.0 Å². The molecule has 0 spiro atoms. The van der Waals surface area contributed by atoms with E-state index in [9.17, 15) is 5.11 Å². The molecule has 0 saturated carbocycles. The summed E-state index contributed by atoms with van der Waals surface area (Å²) < 4.78 is 11.1. The van der Waals surface area contributed by atoms with Gasteiger partial charge >= 0.3 is 0 Å². The first-order valence-electron chi connectivity index (χ1n) is 11.5. The van der Waals surface area contributed by atoms with Crippen LogP contribution in [0.25, 0.3) is 34.0 Å². The monoisotopic (exact) mass is 457 g/mol. The standard InChI is InChI=1S/C26H27N5O3/c1-17-26(30-24(15-28-17)20-6-9-27-22(12-20)16-32)25-13-23(31-34-25)19-4-2-18(3-5-19)14-29-21-7-10-33-11-8-21/h2-6,9,12-13,15,21,29,32H,7-8,10-11,14,16H2,1H3. The molecule has 0 amide bonds. The van der Waals surface area contributed by atoms with Gasteiger partial charge in [0.2, 0.25) is 0 Å². The van der Waals surface area contributed by atoms with Crippen LogP contribution in [0.3, 0.4) is 0 Å². The maximum atomic E-state index is 9.37. The van der Waals surface area contributed by atoms with Gasteiger partial charge in [0.05, 0.1) is 29.9 Å². The highest BCUT2D eigenvalue weighted by atomic mass is 16.5. The van der Waals surface area contributed by atoms with Gasteiger partial charge in [-0.05, 0) is 37.5 Å². The number of hydrogen-bond donors (Lipinski definition) is 2. The fraction of sp³-hybridized carbons (Fsp3) is 0.308. The minimum absolute atomic E-state index is 0.129. The van der Waals surface area contributed by atoms with Crippen molar-refractivity contribution in [2.75, 3.05) is 13.2 Å². The Morgan fingerprint density at radius 2 is 1.82 bits per heavy atom. The molecule has 4 heterocycles. The molecule has 34 heavy (non-hydrogen) atoms. The van der Waals surface area contributed by atoms with Crippen LogP contribution in [0.1, 0.15) is 29.8 Å². The van der Waals surface area contributed by atoms with Crippen LogP contribution in [0, 0.1) is 6.92 Å². The van der Waals surface area contributed by atoms with Gasteiger partial charge in [-0.1, -0.05) is 29.4 Å². The van der Waals surface area contributed by atoms with Gasteiger partial charge in [-0.25, -0.2) is 4.98 Å². The summed E-state index contributed by atoms with van der Waals surface area (Å²) in [5.41, 5.74) is 6.43. The van der Waals surface area contributed by atoms with Crippen LogP contribution >= 0.6 is 0 Å². The van der Waals surface area contributed by atoms with E-state index in [2.05, 4.69) is 44.7 Å². The Hall–Kier alpha value is -3.46. The molecule has 5 rings (SSSR count). The van der Waals surface area contributed by atoms with Gasteiger partial charge in [0, 0.05) is 49.2 Å². The number of benzene rings is 1. The molecule has 0 aliphatic carbocycles. The number of aliphatic hydroxyl groups is 1. The largest absolute Gasteiger partial charge is 0.390 e. The van der Waals surface area contributed by atoms with E-state index >= 15 is 0 Å². The van der Waals surface area contributed by atoms with E-state index in [1.54, 1.807) is 18.5 Å². The SMILES string of the molecule is Cc1ncc(-c2ccnc(CO)c2)nc1-c1cc(-c2ccc(CNC3CCOCC3)cc2)no1. The summed E-state index contributed by atoms with van der Waals surface area (Å²) in [6, 6.07) is 14.4. The molecule has 1 fully saturated rings. The molecule has 1 aliphatic rings. The molecule has 1 saturated heterocycles. The molecule has 1 aliphatic heterocycles. The smallest absolute Gasteiger partial charge is 0.187 e. The van der Waals surface area contributed by atoms with Crippen molar-refractivity contribution < 1.29 is 14.4 Å². The van der Waals surface area contributed by atoms with E-state index in [1.165, 1.54) is 5.56 Å². The molecule has 1 aromatic carbocycles. The van der Waals surface area contributed by atoms with Gasteiger partial charge in [-0.15, -0.1) is 0 Å². The second kappa shape index (κ2) is 10.2. The van der Waals surface area contributed by atoms with Gasteiger partial charge in [0.1, 0.15) is 11.4 Å². The fourth-order valence-electron chi connectivity index (χ4n) is 4.03. The lowest BCUT2D eigenvalue weighted by Gasteiger charge is -2.23. The Morgan fingerprint density at radius 3 is 2.62 bits per heavy atom. The van der Waals surface area contributed by atoms with Crippen LogP contribution in [-0.4, -0.2) is 44.5 Å². The molecular weight excluding hydrogens is 430 g/mol. The predicted octanol–water partition coefficient (Wildman–Crippen LogP) is 3.93. The topological polar surface area (TPSA) is 106 Å². The van der Waals surface area contributed by atoms with Gasteiger partial charge in [0.25, 0.3) is 0 Å². The average Bonchev–Trinajstić information content (AvgIpc) is 3.39. The zero-order chi connectivity index (χ0) is 23.3. The van der Waals surface area contributed by atoms with Crippen LogP contribution in [-0.2, 0) is 17.9 Å². The van der Waals surface area contributed by atoms with Gasteiger partial charge in [-0.2, -0.15) is 0 Å². The van der Waals surface area contributed by atoms with Gasteiger partial charge < -0.3 is 19.7 Å². The highest BCUT2D eigenvalue weighted by Crippen LogP contribution is 2.28. The number of aromatic nitrogens is 4. The number of rotatable bonds is 7. The zero-order valence-electron chi connectivity index (χ0n) is 19.1. The molecule has 0 atom stereocenters. The zero-order valence-corrected chi connectivity index (χ0v) is 19.1. The number of nitrogens with one attached hydrogen (secondary N) is 1. The molecule has 0 bridgehead atoms. The molecule has 0 radical (unpaired) electrons. The summed E-state index contributed by atoms with van der Waals surface area (Å²) >= 11 is 0. The summed E-state index contributed by atoms with van der Waals surface area (Å²) in [5.74, 6) is 0.559. The quantitative estimate of drug-likeness (QED) is 0.430. The number of ether oxygens (including phenoxy) is 1. The highest BCUT2D eigenvalue weighted by molar-refractivity contribution is 5.68. The van der Waals surface area contributed by atoms with E-state index in [1.807, 2.05) is 19.1 Å². The van der Waals surface area contributed by atoms with Crippen molar-refractivity contribution in [2.24, 2.45) is 0 Å². The summed E-state index contributed by atoms with van der Waals surface area (Å²) in [5, 5.41) is 17.2. The lowest BCUT2D eigenvalue weighted by atomic mass is 10.1. The Morgan fingerprint density at radius 1 is 1.00 bits per heavy atom. The molecule has 3 aromatic heterocycles. The Balaban J connectivity index is 1.32. The third-order valence-electron chi connectivity index (χ3n) is 6.04. The normalized spacial score (nSPS) is 14.4. The number of nitrogens with zero attached hydrogens (tertiary/aromatic N) is 4. The van der Waals surface area contributed by atoms with E-state index in [4.69, 9.17) is 14.2 Å². The van der Waals surface area contributed by atoms with Gasteiger partial charge in [0.15, 0.2) is 5.76 Å². The van der Waals surface area contributed by atoms with Crippen LogP contribution < -0.4 is 5.32 Å². The summed E-state index contributed by atoms with van der Waals surface area (Å²) in [6.45, 7) is 4.27. The van der Waals surface area contributed by atoms with E-state index < -0.39 is 0 Å². The van der Waals surface area contributed by atoms with Crippen molar-refractivity contribution in [1.29, 1.82) is 0 Å². The van der Waals surface area contributed by atoms with Crippen molar-refractivity contribution in [1.82, 2.24) is 25.4 Å². The van der Waals surface area contributed by atoms with Crippen molar-refractivity contribution in [3.8, 4) is 34.0 Å². The number of pyridine rings is 1. The molecule has 4 aromatic rings. The van der Waals surface area contributed by atoms with E-state index in [0.29, 0.717) is 28.9 Å². The third kappa shape index (κ3) is 5.04. The van der Waals surface area contributed by atoms with Crippen LogP contribution in [0.2, 0.25) is 0 Å². The average molecular weight is 458 g/mol. The predicted molar refractivity (Wildman–Crippen MR) is 128 cm³/mol. The maximum absolute atomic E-state index is 9.37. The second-order valence-corrected chi connectivity index (χ2v) is 8.42. The minimum atomic E-state index is -0.129. The first-order chi connectivity index (χ1) is 16.7. The van der Waals surface area contributed by atoms with Crippen molar-refractivity contribution in [3.63, 3.8) is 0 Å². The Labute approximate surface area is 198 Å². The molecule has 0 unspecified atom stereocenters. The fourth-order valence-corrected chi connectivity index (χ4v) is 4.03. The molecule has 8 heteroatoms. The van der Waals surface area contributed by atoms with Crippen LogP contribution in [0.15, 0.2) is 59.4 Å². The molecule has 2 N–H and O–H groups in total. The van der Waals surface area contributed by atoms with Crippen LogP contribution in [0.5, 0.6) is 0 Å².